The van der Waals surface area contributed by atoms with Gasteiger partial charge in [0.2, 0.25) is 5.95 Å². The first-order valence-corrected chi connectivity index (χ1v) is 14.6. The minimum atomic E-state index is -4.57. The Morgan fingerprint density at radius 3 is 2.61 bits per heavy atom. The van der Waals surface area contributed by atoms with E-state index >= 15 is 0 Å². The number of anilines is 5. The van der Waals surface area contributed by atoms with Gasteiger partial charge in [0.25, 0.3) is 5.91 Å². The van der Waals surface area contributed by atoms with Crippen molar-refractivity contribution in [3.8, 4) is 0 Å². The van der Waals surface area contributed by atoms with Crippen molar-refractivity contribution in [2.24, 2.45) is 0 Å². The topological polar surface area (TPSA) is 116 Å². The number of rotatable bonds is 7. The second kappa shape index (κ2) is 12.7. The number of alkyl halides is 3. The Bertz CT molecular complexity index is 1780. The minimum absolute atomic E-state index is 0.138. The zero-order valence-electron chi connectivity index (χ0n) is 25.1. The summed E-state index contributed by atoms with van der Waals surface area (Å²) in [6.07, 6.45) is 0.587. The lowest BCUT2D eigenvalue weighted by atomic mass is 10.1. The summed E-state index contributed by atoms with van der Waals surface area (Å²) in [5.74, 6) is 0.0547. The molecular formula is C32H31F3N8O3. The van der Waals surface area contributed by atoms with Crippen LogP contribution in [0.4, 0.5) is 46.8 Å². The number of carbonyl (C=O) groups is 2. The zero-order valence-corrected chi connectivity index (χ0v) is 25.1. The van der Waals surface area contributed by atoms with Gasteiger partial charge in [-0.2, -0.15) is 18.2 Å². The monoisotopic (exact) mass is 632 g/mol. The fourth-order valence-electron chi connectivity index (χ4n) is 5.36. The summed E-state index contributed by atoms with van der Waals surface area (Å²) >= 11 is 0. The van der Waals surface area contributed by atoms with Crippen LogP contribution in [0.15, 0.2) is 67.1 Å². The van der Waals surface area contributed by atoms with Gasteiger partial charge in [0, 0.05) is 55.9 Å². The first kappa shape index (κ1) is 30.9. The SMILES string of the molecule is Cc1ccc(NC(=O)c2cccc(C(F)(F)F)c2)cc1N1Cc2cnc(Nc3cncc(CN4CCOCC4)c3)nc2N(C)C1=O. The van der Waals surface area contributed by atoms with Crippen molar-refractivity contribution >= 4 is 40.8 Å². The number of ether oxygens (including phenoxy) is 1. The van der Waals surface area contributed by atoms with Gasteiger partial charge in [-0.3, -0.25) is 24.5 Å². The second-order valence-electron chi connectivity index (χ2n) is 11.1. The number of nitrogens with one attached hydrogen (secondary N) is 2. The lowest BCUT2D eigenvalue weighted by molar-refractivity contribution is -0.137. The van der Waals surface area contributed by atoms with E-state index in [-0.39, 0.29) is 18.1 Å². The molecule has 0 spiro atoms. The van der Waals surface area contributed by atoms with Crippen LogP contribution in [0.2, 0.25) is 0 Å². The molecule has 11 nitrogen and oxygen atoms in total. The summed E-state index contributed by atoms with van der Waals surface area (Å²) in [5, 5.41) is 5.83. The molecule has 46 heavy (non-hydrogen) atoms. The number of aryl methyl sites for hydroxylation is 1. The molecule has 0 aliphatic carbocycles. The van der Waals surface area contributed by atoms with E-state index < -0.39 is 17.6 Å². The van der Waals surface area contributed by atoms with E-state index in [0.717, 1.165) is 48.6 Å². The molecule has 2 aromatic carbocycles. The molecule has 0 saturated carbocycles. The summed E-state index contributed by atoms with van der Waals surface area (Å²) in [7, 11) is 1.61. The van der Waals surface area contributed by atoms with Crippen LogP contribution in [-0.2, 0) is 24.0 Å². The summed E-state index contributed by atoms with van der Waals surface area (Å²) < 4.78 is 44.9. The van der Waals surface area contributed by atoms with Crippen LogP contribution in [0, 0.1) is 6.92 Å². The molecule has 0 radical (unpaired) electrons. The van der Waals surface area contributed by atoms with Crippen LogP contribution in [0.25, 0.3) is 0 Å². The van der Waals surface area contributed by atoms with Gasteiger partial charge in [0.05, 0.1) is 42.9 Å². The molecule has 1 saturated heterocycles. The highest BCUT2D eigenvalue weighted by molar-refractivity contribution is 6.07. The average Bonchev–Trinajstić information content (AvgIpc) is 3.04. The lowest BCUT2D eigenvalue weighted by Gasteiger charge is -2.35. The van der Waals surface area contributed by atoms with Gasteiger partial charge in [-0.05, 0) is 54.4 Å². The highest BCUT2D eigenvalue weighted by atomic mass is 19.4. The van der Waals surface area contributed by atoms with E-state index in [1.54, 1.807) is 37.6 Å². The maximum absolute atomic E-state index is 13.6. The van der Waals surface area contributed by atoms with E-state index in [4.69, 9.17) is 4.74 Å². The number of pyridine rings is 1. The van der Waals surface area contributed by atoms with Gasteiger partial charge in [-0.25, -0.2) is 9.78 Å². The number of fused-ring (bicyclic) bond motifs is 1. The van der Waals surface area contributed by atoms with E-state index in [0.29, 0.717) is 41.9 Å². The van der Waals surface area contributed by atoms with Gasteiger partial charge < -0.3 is 15.4 Å². The molecule has 3 amide bonds. The van der Waals surface area contributed by atoms with Gasteiger partial charge >= 0.3 is 12.2 Å². The number of hydrogen-bond acceptors (Lipinski definition) is 8. The third-order valence-corrected chi connectivity index (χ3v) is 7.78. The quantitative estimate of drug-likeness (QED) is 0.271. The Hall–Kier alpha value is -5.08. The molecule has 4 heterocycles. The molecule has 2 aliphatic rings. The number of hydrogen-bond donors (Lipinski definition) is 2. The lowest BCUT2D eigenvalue weighted by Crippen LogP contribution is -2.46. The van der Waals surface area contributed by atoms with Gasteiger partial charge in [0.1, 0.15) is 5.82 Å². The molecule has 0 bridgehead atoms. The van der Waals surface area contributed by atoms with Crippen LogP contribution < -0.4 is 20.4 Å². The maximum Gasteiger partial charge on any atom is 0.416 e. The smallest absolute Gasteiger partial charge is 0.379 e. The van der Waals surface area contributed by atoms with Crippen LogP contribution in [0.1, 0.15) is 32.6 Å². The molecule has 4 aromatic rings. The predicted octanol–water partition coefficient (Wildman–Crippen LogP) is 5.60. The minimum Gasteiger partial charge on any atom is -0.379 e. The molecule has 2 aromatic heterocycles. The first-order valence-electron chi connectivity index (χ1n) is 14.6. The third-order valence-electron chi connectivity index (χ3n) is 7.78. The molecule has 0 atom stereocenters. The van der Waals surface area contributed by atoms with E-state index in [9.17, 15) is 22.8 Å². The predicted molar refractivity (Wildman–Crippen MR) is 166 cm³/mol. The van der Waals surface area contributed by atoms with Gasteiger partial charge in [0.15, 0.2) is 0 Å². The van der Waals surface area contributed by atoms with Crippen LogP contribution in [0.3, 0.4) is 0 Å². The first-order chi connectivity index (χ1) is 22.0. The maximum atomic E-state index is 13.6. The van der Waals surface area contributed by atoms with Crippen molar-refractivity contribution in [2.75, 3.05) is 53.8 Å². The number of benzene rings is 2. The molecule has 6 rings (SSSR count). The molecule has 14 heteroatoms. The van der Waals surface area contributed by atoms with E-state index in [2.05, 4.69) is 30.5 Å². The summed E-state index contributed by atoms with van der Waals surface area (Å²) in [5.41, 5.74) is 3.00. The molecule has 2 N–H and O–H groups in total. The number of amides is 3. The van der Waals surface area contributed by atoms with Crippen LogP contribution in [0.5, 0.6) is 0 Å². The van der Waals surface area contributed by atoms with Crippen molar-refractivity contribution < 1.29 is 27.5 Å². The molecule has 2 aliphatic heterocycles. The van der Waals surface area contributed by atoms with Crippen molar-refractivity contribution in [2.45, 2.75) is 26.2 Å². The summed E-state index contributed by atoms with van der Waals surface area (Å²) in [4.78, 5) is 45.1. The number of urea groups is 1. The van der Waals surface area contributed by atoms with Gasteiger partial charge in [-0.1, -0.05) is 12.1 Å². The molecular weight excluding hydrogens is 601 g/mol. The van der Waals surface area contributed by atoms with Crippen LogP contribution >= 0.6 is 0 Å². The normalized spacial score (nSPS) is 15.5. The average molecular weight is 633 g/mol. The number of aromatic nitrogens is 3. The number of carbonyl (C=O) groups excluding carboxylic acids is 2. The molecule has 0 unspecified atom stereocenters. The number of nitrogens with zero attached hydrogens (tertiary/aromatic N) is 6. The summed E-state index contributed by atoms with van der Waals surface area (Å²) in [6, 6.07) is 10.8. The number of morpholine rings is 1. The van der Waals surface area contributed by atoms with E-state index in [1.165, 1.54) is 21.9 Å². The van der Waals surface area contributed by atoms with Crippen molar-refractivity contribution in [1.29, 1.82) is 0 Å². The fraction of sp³-hybridized carbons (Fsp3) is 0.281. The Morgan fingerprint density at radius 2 is 1.83 bits per heavy atom. The molecule has 238 valence electrons. The number of halogens is 3. The Kier molecular flexibility index (Phi) is 8.56. The highest BCUT2D eigenvalue weighted by Crippen LogP contribution is 2.34. The van der Waals surface area contributed by atoms with Gasteiger partial charge in [-0.15, -0.1) is 0 Å². The van der Waals surface area contributed by atoms with Crippen LogP contribution in [-0.4, -0.2) is 65.1 Å². The van der Waals surface area contributed by atoms with Crippen molar-refractivity contribution in [1.82, 2.24) is 19.9 Å². The Balaban J connectivity index is 1.18. The standard InChI is InChI=1S/C32H31F3N8O3/c1-20-6-7-25(38-29(44)22-4-3-5-24(13-22)32(33,34)35)14-27(20)43-19-23-16-37-30(40-28(23)41(2)31(43)45)39-26-12-21(15-36-17-26)18-42-8-10-46-11-9-42/h3-7,12-17H,8-11,18-19H2,1-2H3,(H,38,44)(H,37,39,40). The van der Waals surface area contributed by atoms with E-state index in [1.807, 2.05) is 19.2 Å². The second-order valence-corrected chi connectivity index (χ2v) is 11.1. The van der Waals surface area contributed by atoms with Crippen molar-refractivity contribution in [3.05, 3.63) is 94.9 Å². The molecule has 1 fully saturated rings. The largest absolute Gasteiger partial charge is 0.416 e. The zero-order chi connectivity index (χ0) is 32.4. The Morgan fingerprint density at radius 1 is 1.02 bits per heavy atom. The highest BCUT2D eigenvalue weighted by Gasteiger charge is 2.33. The summed E-state index contributed by atoms with van der Waals surface area (Å²) in [6.45, 7) is 5.89. The van der Waals surface area contributed by atoms with Crippen molar-refractivity contribution in [3.63, 3.8) is 0 Å². The fourth-order valence-corrected chi connectivity index (χ4v) is 5.36. The Labute approximate surface area is 263 Å². The third kappa shape index (κ3) is 6.77.